The summed E-state index contributed by atoms with van der Waals surface area (Å²) >= 11 is 5.68. The van der Waals surface area contributed by atoms with Gasteiger partial charge in [0.2, 0.25) is 0 Å². The van der Waals surface area contributed by atoms with Crippen LogP contribution in [0, 0.1) is 5.82 Å². The molecule has 0 saturated heterocycles. The number of hydrogen-bond acceptors (Lipinski definition) is 2. The molecule has 1 heterocycles. The van der Waals surface area contributed by atoms with Crippen LogP contribution in [0.4, 0.5) is 10.1 Å². The Labute approximate surface area is 125 Å². The van der Waals surface area contributed by atoms with Crippen molar-refractivity contribution in [3.8, 4) is 0 Å². The van der Waals surface area contributed by atoms with Gasteiger partial charge in [-0.15, -0.1) is 0 Å². The van der Waals surface area contributed by atoms with Gasteiger partial charge in [-0.05, 0) is 30.3 Å². The average Bonchev–Trinajstić information content (AvgIpc) is 2.47. The smallest absolute Gasteiger partial charge is 0.258 e. The van der Waals surface area contributed by atoms with Gasteiger partial charge >= 0.3 is 0 Å². The molecule has 0 atom stereocenters. The van der Waals surface area contributed by atoms with Crippen molar-refractivity contribution >= 4 is 34.1 Å². The highest BCUT2D eigenvalue weighted by Crippen LogP contribution is 2.22. The van der Waals surface area contributed by atoms with Gasteiger partial charge in [0, 0.05) is 16.6 Å². The maximum absolute atomic E-state index is 13.8. The summed E-state index contributed by atoms with van der Waals surface area (Å²) in [4.78, 5) is 16.4. The molecule has 0 saturated carbocycles. The first-order chi connectivity index (χ1) is 10.1. The minimum atomic E-state index is -0.659. The van der Waals surface area contributed by atoms with Gasteiger partial charge in [0.15, 0.2) is 0 Å². The van der Waals surface area contributed by atoms with Crippen molar-refractivity contribution in [2.45, 2.75) is 0 Å². The van der Waals surface area contributed by atoms with Crippen molar-refractivity contribution in [3.63, 3.8) is 0 Å². The van der Waals surface area contributed by atoms with E-state index < -0.39 is 11.7 Å². The SMILES string of the molecule is O=C(Nc1cccc2cccnc12)c1ccc(Cl)cc1F. The molecule has 2 aromatic carbocycles. The fourth-order valence-corrected chi connectivity index (χ4v) is 2.23. The summed E-state index contributed by atoms with van der Waals surface area (Å²) < 4.78 is 13.8. The van der Waals surface area contributed by atoms with Gasteiger partial charge in [-0.3, -0.25) is 9.78 Å². The number of carbonyl (C=O) groups excluding carboxylic acids is 1. The molecule has 0 radical (unpaired) electrons. The Morgan fingerprint density at radius 2 is 1.95 bits per heavy atom. The van der Waals surface area contributed by atoms with E-state index in [9.17, 15) is 9.18 Å². The first-order valence-corrected chi connectivity index (χ1v) is 6.63. The molecular formula is C16H10ClFN2O. The summed E-state index contributed by atoms with van der Waals surface area (Å²) in [6, 6.07) is 13.1. The molecule has 0 bridgehead atoms. The molecule has 0 spiro atoms. The van der Waals surface area contributed by atoms with Crippen LogP contribution in [0.2, 0.25) is 5.02 Å². The summed E-state index contributed by atoms with van der Waals surface area (Å²) in [6.45, 7) is 0. The largest absolute Gasteiger partial charge is 0.320 e. The topological polar surface area (TPSA) is 42.0 Å². The van der Waals surface area contributed by atoms with Crippen molar-refractivity contribution in [3.05, 3.63) is 71.1 Å². The van der Waals surface area contributed by atoms with Gasteiger partial charge in [-0.1, -0.05) is 29.8 Å². The molecule has 1 amide bonds. The van der Waals surface area contributed by atoms with E-state index in [4.69, 9.17) is 11.6 Å². The first kappa shape index (κ1) is 13.5. The van der Waals surface area contributed by atoms with Crippen LogP contribution in [0.1, 0.15) is 10.4 Å². The van der Waals surface area contributed by atoms with Crippen molar-refractivity contribution in [1.29, 1.82) is 0 Å². The Morgan fingerprint density at radius 3 is 2.76 bits per heavy atom. The average molecular weight is 301 g/mol. The van der Waals surface area contributed by atoms with Crippen LogP contribution in [0.15, 0.2) is 54.7 Å². The van der Waals surface area contributed by atoms with Crippen molar-refractivity contribution in [1.82, 2.24) is 4.98 Å². The highest BCUT2D eigenvalue weighted by molar-refractivity contribution is 6.30. The molecule has 3 rings (SSSR count). The summed E-state index contributed by atoms with van der Waals surface area (Å²) in [5.74, 6) is -1.20. The van der Waals surface area contributed by atoms with Gasteiger partial charge in [0.25, 0.3) is 5.91 Å². The third-order valence-corrected chi connectivity index (χ3v) is 3.29. The van der Waals surface area contributed by atoms with Gasteiger partial charge in [-0.25, -0.2) is 4.39 Å². The molecule has 1 aromatic heterocycles. The fraction of sp³-hybridized carbons (Fsp3) is 0. The molecule has 0 aliphatic heterocycles. The molecule has 3 aromatic rings. The van der Waals surface area contributed by atoms with Crippen LogP contribution in [0.5, 0.6) is 0 Å². The highest BCUT2D eigenvalue weighted by Gasteiger charge is 2.13. The van der Waals surface area contributed by atoms with Gasteiger partial charge < -0.3 is 5.32 Å². The lowest BCUT2D eigenvalue weighted by Gasteiger charge is -2.08. The van der Waals surface area contributed by atoms with Crippen molar-refractivity contribution in [2.75, 3.05) is 5.32 Å². The zero-order valence-electron chi connectivity index (χ0n) is 10.8. The standard InChI is InChI=1S/C16H10ClFN2O/c17-11-6-7-12(13(18)9-11)16(21)20-14-5-1-3-10-4-2-8-19-15(10)14/h1-9H,(H,20,21). The maximum Gasteiger partial charge on any atom is 0.258 e. The molecule has 0 fully saturated rings. The number of rotatable bonds is 2. The van der Waals surface area contributed by atoms with E-state index in [-0.39, 0.29) is 10.6 Å². The van der Waals surface area contributed by atoms with E-state index in [2.05, 4.69) is 10.3 Å². The molecule has 0 unspecified atom stereocenters. The van der Waals surface area contributed by atoms with E-state index in [0.717, 1.165) is 11.5 Å². The van der Waals surface area contributed by atoms with Crippen LogP contribution in [-0.4, -0.2) is 10.9 Å². The molecule has 3 nitrogen and oxygen atoms in total. The number of fused-ring (bicyclic) bond motifs is 1. The van der Waals surface area contributed by atoms with E-state index in [1.54, 1.807) is 18.3 Å². The summed E-state index contributed by atoms with van der Waals surface area (Å²) in [7, 11) is 0. The van der Waals surface area contributed by atoms with Gasteiger partial charge in [0.1, 0.15) is 5.82 Å². The normalized spacial score (nSPS) is 10.6. The Balaban J connectivity index is 1.97. The number of halogens is 2. The number of anilines is 1. The molecule has 0 aliphatic carbocycles. The second-order valence-corrected chi connectivity index (χ2v) is 4.90. The Bertz CT molecular complexity index is 830. The van der Waals surface area contributed by atoms with Crippen molar-refractivity contribution < 1.29 is 9.18 Å². The van der Waals surface area contributed by atoms with Crippen LogP contribution in [0.3, 0.4) is 0 Å². The quantitative estimate of drug-likeness (QED) is 0.767. The molecule has 1 N–H and O–H groups in total. The van der Waals surface area contributed by atoms with Crippen molar-refractivity contribution in [2.24, 2.45) is 0 Å². The fourth-order valence-electron chi connectivity index (χ4n) is 2.07. The van der Waals surface area contributed by atoms with E-state index in [1.165, 1.54) is 12.1 Å². The van der Waals surface area contributed by atoms with E-state index in [0.29, 0.717) is 11.2 Å². The number of para-hydroxylation sites is 1. The minimum Gasteiger partial charge on any atom is -0.320 e. The van der Waals surface area contributed by atoms with Crippen LogP contribution in [-0.2, 0) is 0 Å². The monoisotopic (exact) mass is 300 g/mol. The van der Waals surface area contributed by atoms with E-state index in [1.807, 2.05) is 18.2 Å². The lowest BCUT2D eigenvalue weighted by atomic mass is 10.1. The Kier molecular flexibility index (Phi) is 3.54. The number of aromatic nitrogens is 1. The number of pyridine rings is 1. The predicted molar refractivity (Wildman–Crippen MR) is 81.1 cm³/mol. The third-order valence-electron chi connectivity index (χ3n) is 3.06. The second kappa shape index (κ2) is 5.50. The third kappa shape index (κ3) is 2.71. The summed E-state index contributed by atoms with van der Waals surface area (Å²) in [5.41, 5.74) is 1.13. The highest BCUT2D eigenvalue weighted by atomic mass is 35.5. The molecule has 0 aliphatic rings. The summed E-state index contributed by atoms with van der Waals surface area (Å²) in [5, 5.41) is 3.82. The number of carbonyl (C=O) groups is 1. The molecule has 21 heavy (non-hydrogen) atoms. The van der Waals surface area contributed by atoms with Gasteiger partial charge in [-0.2, -0.15) is 0 Å². The second-order valence-electron chi connectivity index (χ2n) is 4.46. The maximum atomic E-state index is 13.8. The molecule has 104 valence electrons. The number of hydrogen-bond donors (Lipinski definition) is 1. The predicted octanol–water partition coefficient (Wildman–Crippen LogP) is 4.28. The minimum absolute atomic E-state index is 0.0627. The van der Waals surface area contributed by atoms with E-state index >= 15 is 0 Å². The van der Waals surface area contributed by atoms with Crippen LogP contribution >= 0.6 is 11.6 Å². The number of nitrogens with one attached hydrogen (secondary N) is 1. The lowest BCUT2D eigenvalue weighted by Crippen LogP contribution is -2.14. The number of amides is 1. The lowest BCUT2D eigenvalue weighted by molar-refractivity contribution is 0.102. The Morgan fingerprint density at radius 1 is 1.14 bits per heavy atom. The van der Waals surface area contributed by atoms with Crippen LogP contribution < -0.4 is 5.32 Å². The zero-order chi connectivity index (χ0) is 14.8. The molecule has 5 heteroatoms. The number of nitrogens with zero attached hydrogens (tertiary/aromatic N) is 1. The number of benzene rings is 2. The Hall–Kier alpha value is -2.46. The zero-order valence-corrected chi connectivity index (χ0v) is 11.6. The molecular weight excluding hydrogens is 291 g/mol. The summed E-state index contributed by atoms with van der Waals surface area (Å²) in [6.07, 6.45) is 1.64. The van der Waals surface area contributed by atoms with Crippen LogP contribution in [0.25, 0.3) is 10.9 Å². The first-order valence-electron chi connectivity index (χ1n) is 6.25. The van der Waals surface area contributed by atoms with Gasteiger partial charge in [0.05, 0.1) is 16.8 Å².